The molecule has 0 atom stereocenters. The van der Waals surface area contributed by atoms with Crippen LogP contribution in [0.4, 0.5) is 0 Å². The van der Waals surface area contributed by atoms with E-state index < -0.39 is 11.5 Å². The van der Waals surface area contributed by atoms with Gasteiger partial charge < -0.3 is 20.3 Å². The second kappa shape index (κ2) is 5.71. The van der Waals surface area contributed by atoms with Gasteiger partial charge in [0.15, 0.2) is 0 Å². The lowest BCUT2D eigenvalue weighted by atomic mass is 9.76. The zero-order valence-corrected chi connectivity index (χ0v) is 11.9. The minimum atomic E-state index is -0.586. The van der Waals surface area contributed by atoms with Crippen molar-refractivity contribution in [3.05, 3.63) is 23.3 Å². The number of esters is 1. The molecule has 0 amide bonds. The summed E-state index contributed by atoms with van der Waals surface area (Å²) in [6.07, 6.45) is 4.80. The molecule has 0 aromatic heterocycles. The van der Waals surface area contributed by atoms with Crippen LogP contribution in [-0.2, 0) is 10.3 Å². The number of rotatable bonds is 3. The topological polar surface area (TPSA) is 81.8 Å². The molecule has 0 bridgehead atoms. The smallest absolute Gasteiger partial charge is 0.341 e. The molecule has 1 aromatic rings. The van der Waals surface area contributed by atoms with Gasteiger partial charge in [-0.3, -0.25) is 0 Å². The quantitative estimate of drug-likeness (QED) is 0.830. The summed E-state index contributed by atoms with van der Waals surface area (Å²) < 4.78 is 9.88. The largest absolute Gasteiger partial charge is 0.507 e. The monoisotopic (exact) mass is 279 g/mol. The Kier molecular flexibility index (Phi) is 4.18. The molecule has 0 spiro atoms. The van der Waals surface area contributed by atoms with E-state index in [0.29, 0.717) is 5.56 Å². The number of methoxy groups -OCH3 is 2. The Bertz CT molecular complexity index is 507. The molecule has 1 aromatic carbocycles. The molecule has 0 radical (unpaired) electrons. The summed E-state index contributed by atoms with van der Waals surface area (Å²) in [5, 5.41) is 10.2. The van der Waals surface area contributed by atoms with Crippen molar-refractivity contribution in [2.45, 2.75) is 37.6 Å². The van der Waals surface area contributed by atoms with Crippen molar-refractivity contribution in [3.63, 3.8) is 0 Å². The van der Waals surface area contributed by atoms with Crippen LogP contribution in [0, 0.1) is 0 Å². The fourth-order valence-electron chi connectivity index (χ4n) is 2.86. The molecule has 2 rings (SSSR count). The highest BCUT2D eigenvalue weighted by Gasteiger charge is 2.33. The van der Waals surface area contributed by atoms with E-state index in [4.69, 9.17) is 15.2 Å². The lowest BCUT2D eigenvalue weighted by molar-refractivity contribution is 0.0596. The van der Waals surface area contributed by atoms with Crippen LogP contribution < -0.4 is 10.5 Å². The molecule has 1 fully saturated rings. The summed E-state index contributed by atoms with van der Waals surface area (Å²) >= 11 is 0. The lowest BCUT2D eigenvalue weighted by Gasteiger charge is -2.34. The van der Waals surface area contributed by atoms with Crippen molar-refractivity contribution < 1.29 is 19.4 Å². The van der Waals surface area contributed by atoms with Crippen molar-refractivity contribution in [2.24, 2.45) is 5.73 Å². The van der Waals surface area contributed by atoms with Crippen LogP contribution in [0.5, 0.6) is 11.5 Å². The molecule has 0 saturated heterocycles. The predicted molar refractivity (Wildman–Crippen MR) is 74.9 cm³/mol. The van der Waals surface area contributed by atoms with E-state index in [-0.39, 0.29) is 17.1 Å². The molecule has 0 unspecified atom stereocenters. The molecule has 1 saturated carbocycles. The van der Waals surface area contributed by atoms with Gasteiger partial charge in [0, 0.05) is 17.2 Å². The molecule has 1 aliphatic rings. The van der Waals surface area contributed by atoms with Gasteiger partial charge in [0.05, 0.1) is 14.2 Å². The number of benzene rings is 1. The summed E-state index contributed by atoms with van der Waals surface area (Å²) in [7, 11) is 2.76. The Labute approximate surface area is 118 Å². The Morgan fingerprint density at radius 2 is 1.90 bits per heavy atom. The molecule has 1 aliphatic carbocycles. The van der Waals surface area contributed by atoms with Gasteiger partial charge in [-0.15, -0.1) is 0 Å². The Morgan fingerprint density at radius 3 is 2.45 bits per heavy atom. The number of hydrogen-bond donors (Lipinski definition) is 2. The Morgan fingerprint density at radius 1 is 1.25 bits per heavy atom. The van der Waals surface area contributed by atoms with Gasteiger partial charge in [0.2, 0.25) is 0 Å². The second-order valence-corrected chi connectivity index (χ2v) is 5.28. The van der Waals surface area contributed by atoms with Gasteiger partial charge >= 0.3 is 5.97 Å². The number of carbonyl (C=O) groups is 1. The maximum Gasteiger partial charge on any atom is 0.341 e. The zero-order chi connectivity index (χ0) is 14.8. The van der Waals surface area contributed by atoms with Gasteiger partial charge in [-0.1, -0.05) is 19.3 Å². The molecule has 110 valence electrons. The SMILES string of the molecule is COC(=O)c1cc(C2(N)CCCCC2)c(O)cc1OC. The third-order valence-corrected chi connectivity index (χ3v) is 4.01. The van der Waals surface area contributed by atoms with Crippen LogP contribution in [0.3, 0.4) is 0 Å². The first-order valence-electron chi connectivity index (χ1n) is 6.80. The highest BCUT2D eigenvalue weighted by molar-refractivity contribution is 5.93. The average Bonchev–Trinajstić information content (AvgIpc) is 2.46. The van der Waals surface area contributed by atoms with Crippen LogP contribution in [-0.4, -0.2) is 25.3 Å². The highest BCUT2D eigenvalue weighted by atomic mass is 16.5. The van der Waals surface area contributed by atoms with Crippen LogP contribution in [0.2, 0.25) is 0 Å². The number of hydrogen-bond acceptors (Lipinski definition) is 5. The maximum atomic E-state index is 11.8. The Hall–Kier alpha value is -1.75. The molecule has 20 heavy (non-hydrogen) atoms. The van der Waals surface area contributed by atoms with E-state index in [1.165, 1.54) is 20.3 Å². The summed E-state index contributed by atoms with van der Waals surface area (Å²) in [5.74, 6) is -0.140. The minimum Gasteiger partial charge on any atom is -0.507 e. The maximum absolute atomic E-state index is 11.8. The van der Waals surface area contributed by atoms with E-state index in [1.807, 2.05) is 0 Å². The molecule has 0 aliphatic heterocycles. The number of ether oxygens (including phenoxy) is 2. The van der Waals surface area contributed by atoms with Crippen molar-refractivity contribution in [3.8, 4) is 11.5 Å². The fourth-order valence-corrected chi connectivity index (χ4v) is 2.86. The number of aromatic hydroxyl groups is 1. The number of phenolic OH excluding ortho intramolecular Hbond substituents is 1. The predicted octanol–water partition coefficient (Wildman–Crippen LogP) is 2.31. The standard InChI is InChI=1S/C15H21NO4/c1-19-13-9-12(17)11(8-10(13)14(18)20-2)15(16)6-4-3-5-7-15/h8-9,17H,3-7,16H2,1-2H3. The van der Waals surface area contributed by atoms with Gasteiger partial charge in [-0.05, 0) is 18.9 Å². The summed E-state index contributed by atoms with van der Waals surface area (Å²) in [6.45, 7) is 0. The molecule has 5 nitrogen and oxygen atoms in total. The van der Waals surface area contributed by atoms with Crippen LogP contribution in [0.15, 0.2) is 12.1 Å². The molecule has 0 heterocycles. The van der Waals surface area contributed by atoms with Gasteiger partial charge in [-0.2, -0.15) is 0 Å². The second-order valence-electron chi connectivity index (χ2n) is 5.28. The third-order valence-electron chi connectivity index (χ3n) is 4.01. The molecule has 3 N–H and O–H groups in total. The van der Waals surface area contributed by atoms with Gasteiger partial charge in [0.1, 0.15) is 17.1 Å². The minimum absolute atomic E-state index is 0.0684. The van der Waals surface area contributed by atoms with Gasteiger partial charge in [-0.25, -0.2) is 4.79 Å². The first-order chi connectivity index (χ1) is 9.51. The lowest BCUT2D eigenvalue weighted by Crippen LogP contribution is -2.38. The first-order valence-corrected chi connectivity index (χ1v) is 6.80. The van der Waals surface area contributed by atoms with E-state index in [2.05, 4.69) is 0 Å². The first kappa shape index (κ1) is 14.7. The van der Waals surface area contributed by atoms with Crippen LogP contribution in [0.1, 0.15) is 48.0 Å². The third kappa shape index (κ3) is 2.58. The van der Waals surface area contributed by atoms with Crippen LogP contribution >= 0.6 is 0 Å². The summed E-state index contributed by atoms with van der Waals surface area (Å²) in [6, 6.07) is 3.04. The number of phenols is 1. The number of carbonyl (C=O) groups excluding carboxylic acids is 1. The molecular weight excluding hydrogens is 258 g/mol. The van der Waals surface area contributed by atoms with Crippen molar-refractivity contribution >= 4 is 5.97 Å². The van der Waals surface area contributed by atoms with E-state index in [0.717, 1.165) is 32.1 Å². The van der Waals surface area contributed by atoms with Crippen molar-refractivity contribution in [1.82, 2.24) is 0 Å². The van der Waals surface area contributed by atoms with Gasteiger partial charge in [0.25, 0.3) is 0 Å². The van der Waals surface area contributed by atoms with E-state index in [1.54, 1.807) is 6.07 Å². The molecule has 5 heteroatoms. The normalized spacial score (nSPS) is 17.6. The van der Waals surface area contributed by atoms with Crippen molar-refractivity contribution in [2.75, 3.05) is 14.2 Å². The van der Waals surface area contributed by atoms with Crippen molar-refractivity contribution in [1.29, 1.82) is 0 Å². The summed E-state index contributed by atoms with van der Waals surface area (Å²) in [4.78, 5) is 11.8. The average molecular weight is 279 g/mol. The highest BCUT2D eigenvalue weighted by Crippen LogP contribution is 2.41. The van der Waals surface area contributed by atoms with E-state index in [9.17, 15) is 9.90 Å². The summed E-state index contributed by atoms with van der Waals surface area (Å²) in [5.41, 5.74) is 6.73. The zero-order valence-electron chi connectivity index (χ0n) is 11.9. The fraction of sp³-hybridized carbons (Fsp3) is 0.533. The van der Waals surface area contributed by atoms with Crippen LogP contribution in [0.25, 0.3) is 0 Å². The molecular formula is C15H21NO4. The Balaban J connectivity index is 2.50. The van der Waals surface area contributed by atoms with E-state index >= 15 is 0 Å². The number of nitrogens with two attached hydrogens (primary N) is 1.